The molecule has 1 aromatic carbocycles. The number of H-pyrrole nitrogens is 1. The van der Waals surface area contributed by atoms with Crippen molar-refractivity contribution in [1.82, 2.24) is 19.5 Å². The van der Waals surface area contributed by atoms with Crippen molar-refractivity contribution in [3.63, 3.8) is 0 Å². The molecule has 142 valence electrons. The van der Waals surface area contributed by atoms with E-state index >= 15 is 0 Å². The zero-order chi connectivity index (χ0) is 19.4. The van der Waals surface area contributed by atoms with Crippen LogP contribution < -0.4 is 5.56 Å². The molecule has 0 bridgehead atoms. The van der Waals surface area contributed by atoms with Crippen LogP contribution in [0.2, 0.25) is 0 Å². The maximum absolute atomic E-state index is 13.4. The normalized spacial score (nSPS) is 11.3. The Morgan fingerprint density at radius 3 is 2.81 bits per heavy atom. The van der Waals surface area contributed by atoms with Crippen LogP contribution in [-0.2, 0) is 17.8 Å². The molecular formula is C19H21FN4O3. The number of benzene rings is 1. The predicted octanol–water partition coefficient (Wildman–Crippen LogP) is 2.36. The summed E-state index contributed by atoms with van der Waals surface area (Å²) in [4.78, 5) is 30.9. The van der Waals surface area contributed by atoms with Crippen LogP contribution in [0.1, 0.15) is 35.5 Å². The Morgan fingerprint density at radius 2 is 2.11 bits per heavy atom. The van der Waals surface area contributed by atoms with Gasteiger partial charge in [0.25, 0.3) is 5.56 Å². The number of rotatable bonds is 7. The van der Waals surface area contributed by atoms with Gasteiger partial charge in [0.1, 0.15) is 11.4 Å². The molecule has 0 spiro atoms. The molecule has 0 atom stereocenters. The van der Waals surface area contributed by atoms with Gasteiger partial charge in [-0.05, 0) is 31.2 Å². The molecule has 0 amide bonds. The van der Waals surface area contributed by atoms with Crippen LogP contribution in [0, 0.1) is 5.82 Å². The molecule has 0 aliphatic carbocycles. The van der Waals surface area contributed by atoms with Crippen molar-refractivity contribution in [2.75, 3.05) is 13.2 Å². The van der Waals surface area contributed by atoms with Crippen molar-refractivity contribution in [2.45, 2.75) is 26.9 Å². The highest BCUT2D eigenvalue weighted by Gasteiger charge is 2.17. The Hall–Kier alpha value is -3.00. The summed E-state index contributed by atoms with van der Waals surface area (Å²) in [6, 6.07) is 7.83. The summed E-state index contributed by atoms with van der Waals surface area (Å²) >= 11 is 0. The Kier molecular flexibility index (Phi) is 5.66. The molecule has 27 heavy (non-hydrogen) atoms. The van der Waals surface area contributed by atoms with Gasteiger partial charge in [-0.3, -0.25) is 14.8 Å². The zero-order valence-electron chi connectivity index (χ0n) is 15.2. The average molecular weight is 372 g/mol. The van der Waals surface area contributed by atoms with Gasteiger partial charge in [-0.1, -0.05) is 19.1 Å². The van der Waals surface area contributed by atoms with Crippen LogP contribution in [0.5, 0.6) is 0 Å². The van der Waals surface area contributed by atoms with E-state index in [1.54, 1.807) is 13.0 Å². The summed E-state index contributed by atoms with van der Waals surface area (Å²) in [6.07, 6.45) is 1.41. The first-order valence-corrected chi connectivity index (χ1v) is 8.75. The number of esters is 1. The maximum atomic E-state index is 13.4. The van der Waals surface area contributed by atoms with Gasteiger partial charge in [-0.15, -0.1) is 0 Å². The quantitative estimate of drug-likeness (QED) is 0.644. The second-order valence-corrected chi connectivity index (χ2v) is 6.09. The SMILES string of the molecule is CCOC(=O)c1c[nH]n2c(=O)cc(CN(CC)Cc3cccc(F)c3)nc12. The van der Waals surface area contributed by atoms with Gasteiger partial charge >= 0.3 is 5.97 Å². The topological polar surface area (TPSA) is 79.7 Å². The lowest BCUT2D eigenvalue weighted by atomic mass is 10.2. The predicted molar refractivity (Wildman–Crippen MR) is 98.0 cm³/mol. The number of carbonyl (C=O) groups is 1. The average Bonchev–Trinajstić information content (AvgIpc) is 3.06. The molecule has 3 aromatic rings. The van der Waals surface area contributed by atoms with Crippen molar-refractivity contribution < 1.29 is 13.9 Å². The molecule has 2 heterocycles. The fourth-order valence-electron chi connectivity index (χ4n) is 2.87. The summed E-state index contributed by atoms with van der Waals surface area (Å²) in [7, 11) is 0. The largest absolute Gasteiger partial charge is 0.462 e. The van der Waals surface area contributed by atoms with Gasteiger partial charge in [-0.2, -0.15) is 0 Å². The van der Waals surface area contributed by atoms with Crippen LogP contribution in [0.15, 0.2) is 41.3 Å². The maximum Gasteiger partial charge on any atom is 0.343 e. The number of halogens is 1. The van der Waals surface area contributed by atoms with Crippen molar-refractivity contribution >= 4 is 11.6 Å². The third kappa shape index (κ3) is 4.22. The Labute approximate surface area is 155 Å². The van der Waals surface area contributed by atoms with Crippen LogP contribution in [-0.4, -0.2) is 38.6 Å². The Morgan fingerprint density at radius 1 is 1.30 bits per heavy atom. The number of carbonyl (C=O) groups excluding carboxylic acids is 1. The van der Waals surface area contributed by atoms with Crippen molar-refractivity contribution in [3.05, 3.63) is 69.5 Å². The van der Waals surface area contributed by atoms with Crippen molar-refractivity contribution in [3.8, 4) is 0 Å². The molecule has 0 aliphatic rings. The highest BCUT2D eigenvalue weighted by Crippen LogP contribution is 2.12. The lowest BCUT2D eigenvalue weighted by Gasteiger charge is -2.20. The van der Waals surface area contributed by atoms with E-state index in [-0.39, 0.29) is 29.2 Å². The van der Waals surface area contributed by atoms with E-state index in [1.807, 2.05) is 17.9 Å². The summed E-state index contributed by atoms with van der Waals surface area (Å²) in [5, 5.41) is 2.72. The molecule has 1 N–H and O–H groups in total. The van der Waals surface area contributed by atoms with Crippen molar-refractivity contribution in [1.29, 1.82) is 0 Å². The molecule has 0 saturated carbocycles. The van der Waals surface area contributed by atoms with Crippen LogP contribution in [0.25, 0.3) is 5.65 Å². The Bertz CT molecular complexity index is 1010. The number of hydrogen-bond acceptors (Lipinski definition) is 5. The first-order valence-electron chi connectivity index (χ1n) is 8.75. The minimum atomic E-state index is -0.535. The molecule has 0 radical (unpaired) electrons. The van der Waals surface area contributed by atoms with E-state index in [0.717, 1.165) is 5.56 Å². The summed E-state index contributed by atoms with van der Waals surface area (Å²) in [5.41, 5.74) is 1.50. The number of nitrogens with one attached hydrogen (secondary N) is 1. The summed E-state index contributed by atoms with van der Waals surface area (Å²) in [6.45, 7) is 5.53. The van der Waals surface area contributed by atoms with Gasteiger partial charge in [0.15, 0.2) is 5.65 Å². The number of aromatic nitrogens is 3. The van der Waals surface area contributed by atoms with Crippen LogP contribution in [0.3, 0.4) is 0 Å². The molecule has 8 heteroatoms. The van der Waals surface area contributed by atoms with E-state index in [4.69, 9.17) is 4.74 Å². The van der Waals surface area contributed by atoms with E-state index in [2.05, 4.69) is 10.1 Å². The fourth-order valence-corrected chi connectivity index (χ4v) is 2.87. The van der Waals surface area contributed by atoms with Gasteiger partial charge in [0.05, 0.1) is 12.3 Å². The number of ether oxygens (including phenoxy) is 1. The summed E-state index contributed by atoms with van der Waals surface area (Å²) in [5.74, 6) is -0.819. The van der Waals surface area contributed by atoms with E-state index < -0.39 is 5.97 Å². The molecule has 0 fully saturated rings. The molecule has 0 unspecified atom stereocenters. The van der Waals surface area contributed by atoms with Crippen molar-refractivity contribution in [2.24, 2.45) is 0 Å². The lowest BCUT2D eigenvalue weighted by molar-refractivity contribution is 0.0528. The molecule has 0 saturated heterocycles. The molecule has 0 aliphatic heterocycles. The summed E-state index contributed by atoms with van der Waals surface area (Å²) < 4.78 is 19.6. The fraction of sp³-hybridized carbons (Fsp3) is 0.316. The highest BCUT2D eigenvalue weighted by atomic mass is 19.1. The highest BCUT2D eigenvalue weighted by molar-refractivity contribution is 5.95. The number of hydrogen-bond donors (Lipinski definition) is 1. The second kappa shape index (κ2) is 8.13. The second-order valence-electron chi connectivity index (χ2n) is 6.09. The van der Waals surface area contributed by atoms with Gasteiger partial charge in [0.2, 0.25) is 0 Å². The molecule has 7 nitrogen and oxygen atoms in total. The molecule has 2 aromatic heterocycles. The van der Waals surface area contributed by atoms with Crippen LogP contribution >= 0.6 is 0 Å². The van der Waals surface area contributed by atoms with Gasteiger partial charge in [0, 0.05) is 25.4 Å². The monoisotopic (exact) mass is 372 g/mol. The first-order chi connectivity index (χ1) is 13.0. The molecule has 3 rings (SSSR count). The Balaban J connectivity index is 1.88. The van der Waals surface area contributed by atoms with E-state index in [1.165, 1.54) is 28.9 Å². The standard InChI is InChI=1S/C19H21FN4O3/c1-3-23(11-13-6-5-7-14(20)8-13)12-15-9-17(25)24-18(22-15)16(10-21-24)19(26)27-4-2/h5-10,21H,3-4,11-12H2,1-2H3. The lowest BCUT2D eigenvalue weighted by Crippen LogP contribution is -2.25. The van der Waals surface area contributed by atoms with Gasteiger partial charge < -0.3 is 4.74 Å². The zero-order valence-corrected chi connectivity index (χ0v) is 15.2. The minimum absolute atomic E-state index is 0.212. The smallest absolute Gasteiger partial charge is 0.343 e. The molecular weight excluding hydrogens is 351 g/mol. The van der Waals surface area contributed by atoms with E-state index in [0.29, 0.717) is 25.3 Å². The van der Waals surface area contributed by atoms with E-state index in [9.17, 15) is 14.0 Å². The number of nitrogens with zero attached hydrogens (tertiary/aromatic N) is 3. The third-order valence-electron chi connectivity index (χ3n) is 4.17. The third-order valence-corrected chi connectivity index (χ3v) is 4.17. The number of fused-ring (bicyclic) bond motifs is 1. The number of aromatic amines is 1. The van der Waals surface area contributed by atoms with Crippen LogP contribution in [0.4, 0.5) is 4.39 Å². The first kappa shape index (κ1) is 18.8. The minimum Gasteiger partial charge on any atom is -0.462 e. The van der Waals surface area contributed by atoms with Gasteiger partial charge in [-0.25, -0.2) is 18.7 Å².